The van der Waals surface area contributed by atoms with Gasteiger partial charge in [-0.05, 0) is 31.6 Å². The number of hydrogen-bond donors (Lipinski definition) is 6. The van der Waals surface area contributed by atoms with Crippen molar-refractivity contribution in [3.05, 3.63) is 0 Å². The van der Waals surface area contributed by atoms with E-state index in [1.807, 2.05) is 27.7 Å². The van der Waals surface area contributed by atoms with Gasteiger partial charge in [-0.15, -0.1) is 0 Å². The van der Waals surface area contributed by atoms with Crippen molar-refractivity contribution in [3.8, 4) is 0 Å². The molecule has 3 amide bonds. The van der Waals surface area contributed by atoms with Gasteiger partial charge in [-0.2, -0.15) is 0 Å². The molecule has 0 aromatic heterocycles. The minimum Gasteiger partial charge on any atom is -0.480 e. The molecular weight excluding hydrogens is 368 g/mol. The van der Waals surface area contributed by atoms with Gasteiger partial charge in [-0.1, -0.05) is 27.7 Å². The number of carbonyl (C=O) groups excluding carboxylic acids is 3. The number of amides is 3. The first-order valence-corrected chi connectivity index (χ1v) is 9.39. The highest BCUT2D eigenvalue weighted by Gasteiger charge is 2.28. The van der Waals surface area contributed by atoms with E-state index < -0.39 is 54.5 Å². The van der Waals surface area contributed by atoms with Crippen LogP contribution in [-0.4, -0.2) is 64.7 Å². The molecule has 0 aliphatic rings. The predicted octanol–water partition coefficient (Wildman–Crippen LogP) is -1.04. The van der Waals surface area contributed by atoms with Crippen LogP contribution in [0, 0.1) is 11.8 Å². The second-order valence-corrected chi connectivity index (χ2v) is 7.76. The number of aliphatic carboxylic acids is 1. The van der Waals surface area contributed by atoms with Crippen LogP contribution in [0.3, 0.4) is 0 Å². The molecule has 28 heavy (non-hydrogen) atoms. The highest BCUT2D eigenvalue weighted by atomic mass is 16.4. The highest BCUT2D eigenvalue weighted by molar-refractivity contribution is 5.92. The summed E-state index contributed by atoms with van der Waals surface area (Å²) in [6.45, 7) is 8.34. The zero-order chi connectivity index (χ0) is 22.0. The Kier molecular flexibility index (Phi) is 11.3. The Balaban J connectivity index is 4.92. The number of nitrogens with two attached hydrogens (primary N) is 1. The quantitative estimate of drug-likeness (QED) is 0.242. The molecule has 10 nitrogen and oxygen atoms in total. The summed E-state index contributed by atoms with van der Waals surface area (Å²) in [6.07, 6.45) is -0.514. The van der Waals surface area contributed by atoms with Crippen LogP contribution < -0.4 is 21.7 Å². The van der Waals surface area contributed by atoms with Gasteiger partial charge in [-0.25, -0.2) is 4.79 Å². The molecule has 0 radical (unpaired) electrons. The Hall–Kier alpha value is -2.20. The van der Waals surface area contributed by atoms with Crippen LogP contribution in [0.15, 0.2) is 0 Å². The number of carbonyl (C=O) groups is 4. The zero-order valence-corrected chi connectivity index (χ0v) is 17.2. The van der Waals surface area contributed by atoms with Crippen molar-refractivity contribution in [2.75, 3.05) is 6.54 Å². The lowest BCUT2D eigenvalue weighted by molar-refractivity contribution is -0.142. The smallest absolute Gasteiger partial charge is 0.326 e. The fourth-order valence-corrected chi connectivity index (χ4v) is 2.42. The van der Waals surface area contributed by atoms with E-state index in [2.05, 4.69) is 16.0 Å². The highest BCUT2D eigenvalue weighted by Crippen LogP contribution is 2.08. The molecular formula is C18H34N4O6. The Morgan fingerprint density at radius 1 is 0.857 bits per heavy atom. The molecule has 0 spiro atoms. The molecule has 0 bridgehead atoms. The van der Waals surface area contributed by atoms with Crippen molar-refractivity contribution in [2.24, 2.45) is 17.6 Å². The molecule has 0 rings (SSSR count). The molecule has 0 fully saturated rings. The first kappa shape index (κ1) is 25.8. The number of rotatable bonds is 12. The van der Waals surface area contributed by atoms with Gasteiger partial charge < -0.3 is 31.9 Å². The van der Waals surface area contributed by atoms with Gasteiger partial charge in [0.2, 0.25) is 17.7 Å². The second kappa shape index (κ2) is 12.3. The minimum atomic E-state index is -1.17. The summed E-state index contributed by atoms with van der Waals surface area (Å²) < 4.78 is 0. The summed E-state index contributed by atoms with van der Waals surface area (Å²) >= 11 is 0. The molecule has 10 heteroatoms. The van der Waals surface area contributed by atoms with Gasteiger partial charge in [0, 0.05) is 0 Å². The molecule has 7 N–H and O–H groups in total. The molecule has 4 unspecified atom stereocenters. The topological polar surface area (TPSA) is 171 Å². The lowest BCUT2D eigenvalue weighted by Gasteiger charge is -2.23. The predicted molar refractivity (Wildman–Crippen MR) is 103 cm³/mol. The van der Waals surface area contributed by atoms with Crippen molar-refractivity contribution in [2.45, 2.75) is 71.7 Å². The van der Waals surface area contributed by atoms with Crippen LogP contribution in [0.1, 0.15) is 47.5 Å². The van der Waals surface area contributed by atoms with Crippen molar-refractivity contribution in [3.63, 3.8) is 0 Å². The molecule has 162 valence electrons. The van der Waals surface area contributed by atoms with E-state index in [0.29, 0.717) is 6.42 Å². The Labute approximate surface area is 165 Å². The molecule has 0 aliphatic carbocycles. The van der Waals surface area contributed by atoms with Gasteiger partial charge in [0.25, 0.3) is 0 Å². The average molecular weight is 402 g/mol. The average Bonchev–Trinajstić information content (AvgIpc) is 2.56. The van der Waals surface area contributed by atoms with Crippen LogP contribution in [0.4, 0.5) is 0 Å². The Morgan fingerprint density at radius 2 is 1.36 bits per heavy atom. The van der Waals surface area contributed by atoms with Crippen molar-refractivity contribution >= 4 is 23.7 Å². The fraction of sp³-hybridized carbons (Fsp3) is 0.778. The van der Waals surface area contributed by atoms with E-state index >= 15 is 0 Å². The van der Waals surface area contributed by atoms with Crippen LogP contribution in [0.5, 0.6) is 0 Å². The maximum Gasteiger partial charge on any atom is 0.326 e. The van der Waals surface area contributed by atoms with Gasteiger partial charge in [-0.3, -0.25) is 14.4 Å². The van der Waals surface area contributed by atoms with Crippen LogP contribution in [-0.2, 0) is 19.2 Å². The first-order valence-electron chi connectivity index (χ1n) is 9.39. The first-order chi connectivity index (χ1) is 12.8. The van der Waals surface area contributed by atoms with E-state index in [-0.39, 0.29) is 18.3 Å². The normalized spacial score (nSPS) is 15.5. The van der Waals surface area contributed by atoms with Gasteiger partial charge in [0.15, 0.2) is 0 Å². The fourth-order valence-electron chi connectivity index (χ4n) is 2.42. The number of carboxylic acid groups (broad SMARTS) is 1. The zero-order valence-electron chi connectivity index (χ0n) is 17.2. The lowest BCUT2D eigenvalue weighted by atomic mass is 10.0. The lowest BCUT2D eigenvalue weighted by Crippen LogP contribution is -2.54. The number of aliphatic hydroxyl groups excluding tert-OH is 1. The number of carboxylic acids is 1. The molecule has 4 atom stereocenters. The second-order valence-electron chi connectivity index (χ2n) is 7.76. The van der Waals surface area contributed by atoms with Crippen LogP contribution in [0.2, 0.25) is 0 Å². The molecule has 0 heterocycles. The number of nitrogens with one attached hydrogen (secondary N) is 3. The third-order valence-corrected chi connectivity index (χ3v) is 3.93. The third kappa shape index (κ3) is 10.2. The number of aliphatic hydroxyl groups is 1. The summed E-state index contributed by atoms with van der Waals surface area (Å²) in [5.74, 6) is -2.94. The summed E-state index contributed by atoms with van der Waals surface area (Å²) in [7, 11) is 0. The van der Waals surface area contributed by atoms with Gasteiger partial charge >= 0.3 is 5.97 Å². The van der Waals surface area contributed by atoms with Crippen molar-refractivity contribution < 1.29 is 29.4 Å². The van der Waals surface area contributed by atoms with Crippen molar-refractivity contribution in [1.82, 2.24) is 16.0 Å². The third-order valence-electron chi connectivity index (χ3n) is 3.93. The van der Waals surface area contributed by atoms with E-state index in [1.54, 1.807) is 0 Å². The van der Waals surface area contributed by atoms with E-state index in [9.17, 15) is 29.4 Å². The van der Waals surface area contributed by atoms with Crippen molar-refractivity contribution in [1.29, 1.82) is 0 Å². The summed E-state index contributed by atoms with van der Waals surface area (Å²) in [6, 6.07) is -3.17. The maximum absolute atomic E-state index is 12.5. The van der Waals surface area contributed by atoms with Gasteiger partial charge in [0.05, 0.1) is 12.6 Å². The molecule has 0 saturated carbocycles. The maximum atomic E-state index is 12.5. The molecule has 0 aromatic rings. The van der Waals surface area contributed by atoms with Crippen LogP contribution in [0.25, 0.3) is 0 Å². The monoisotopic (exact) mass is 402 g/mol. The molecule has 0 aromatic carbocycles. The molecule has 0 aliphatic heterocycles. The minimum absolute atomic E-state index is 0.0580. The standard InChI is InChI=1S/C18H34N4O6/c1-9(2)6-12(16(25)22-13(18(27)28)7-10(3)4)21-14(24)8-20-17(26)15(19)11(5)23/h9-13,15,23H,6-8,19H2,1-5H3,(H,20,26)(H,21,24)(H,22,25)(H,27,28). The van der Waals surface area contributed by atoms with E-state index in [0.717, 1.165) is 0 Å². The SMILES string of the molecule is CC(C)CC(NC(=O)C(CC(C)C)NC(=O)CNC(=O)C(N)C(C)O)C(=O)O. The van der Waals surface area contributed by atoms with Crippen LogP contribution >= 0.6 is 0 Å². The van der Waals surface area contributed by atoms with E-state index in [4.69, 9.17) is 5.73 Å². The summed E-state index contributed by atoms with van der Waals surface area (Å²) in [5, 5.41) is 25.8. The number of hydrogen-bond acceptors (Lipinski definition) is 6. The summed E-state index contributed by atoms with van der Waals surface area (Å²) in [5.41, 5.74) is 5.47. The summed E-state index contributed by atoms with van der Waals surface area (Å²) in [4.78, 5) is 47.7. The Morgan fingerprint density at radius 3 is 1.79 bits per heavy atom. The largest absolute Gasteiger partial charge is 0.480 e. The molecule has 0 saturated heterocycles. The Bertz CT molecular complexity index is 550. The van der Waals surface area contributed by atoms with Gasteiger partial charge in [0.1, 0.15) is 18.1 Å². The van der Waals surface area contributed by atoms with E-state index in [1.165, 1.54) is 6.92 Å².